The van der Waals surface area contributed by atoms with Gasteiger partial charge in [-0.05, 0) is 0 Å². The van der Waals surface area contributed by atoms with Gasteiger partial charge in [0.25, 0.3) is 0 Å². The standard InChI is InChI=1S/C6H3BF4N3/c8-4-1-3(7(9,10)11)2-5-6(4)13-14-12-5/h1-2H,(H,12,13,14)/q-1. The van der Waals surface area contributed by atoms with E-state index in [-0.39, 0.29) is 11.0 Å². The quantitative estimate of drug-likeness (QED) is 0.559. The molecule has 1 aromatic heterocycles. The van der Waals surface area contributed by atoms with Crippen LogP contribution in [-0.4, -0.2) is 22.4 Å². The van der Waals surface area contributed by atoms with Crippen LogP contribution in [0.25, 0.3) is 11.0 Å². The zero-order chi connectivity index (χ0) is 10.3. The number of hydrogen-bond acceptors (Lipinski definition) is 2. The predicted molar refractivity (Wildman–Crippen MR) is 42.6 cm³/mol. The van der Waals surface area contributed by atoms with Gasteiger partial charge in [0.15, 0.2) is 0 Å². The molecule has 0 radical (unpaired) electrons. The van der Waals surface area contributed by atoms with Crippen molar-refractivity contribution in [3.05, 3.63) is 17.9 Å². The first-order valence-electron chi connectivity index (χ1n) is 3.68. The molecule has 0 atom stereocenters. The van der Waals surface area contributed by atoms with E-state index in [2.05, 4.69) is 15.4 Å². The Kier molecular flexibility index (Phi) is 1.73. The molecule has 0 saturated heterocycles. The van der Waals surface area contributed by atoms with E-state index in [1.807, 2.05) is 0 Å². The average molecular weight is 204 g/mol. The molecule has 2 rings (SSSR count). The summed E-state index contributed by atoms with van der Waals surface area (Å²) in [5.74, 6) is -1.02. The van der Waals surface area contributed by atoms with Crippen LogP contribution < -0.4 is 5.46 Å². The fourth-order valence-electron chi connectivity index (χ4n) is 1.12. The Morgan fingerprint density at radius 2 is 1.86 bits per heavy atom. The fourth-order valence-corrected chi connectivity index (χ4v) is 1.12. The van der Waals surface area contributed by atoms with Crippen molar-refractivity contribution >= 4 is 23.5 Å². The SMILES string of the molecule is Fc1cc([B-](F)(F)F)cc2n[nH]nc12. The van der Waals surface area contributed by atoms with Crippen molar-refractivity contribution in [2.75, 3.05) is 0 Å². The van der Waals surface area contributed by atoms with E-state index in [0.717, 1.165) is 6.07 Å². The summed E-state index contributed by atoms with van der Waals surface area (Å²) < 4.78 is 49.7. The van der Waals surface area contributed by atoms with E-state index in [9.17, 15) is 17.3 Å². The first kappa shape index (κ1) is 8.98. The van der Waals surface area contributed by atoms with Crippen molar-refractivity contribution in [3.63, 3.8) is 0 Å². The molecule has 1 N–H and O–H groups in total. The van der Waals surface area contributed by atoms with E-state index in [0.29, 0.717) is 6.07 Å². The Hall–Kier alpha value is -1.60. The molecule has 0 bridgehead atoms. The van der Waals surface area contributed by atoms with Crippen LogP contribution in [-0.2, 0) is 0 Å². The maximum absolute atomic E-state index is 13.0. The van der Waals surface area contributed by atoms with Crippen LogP contribution in [0.3, 0.4) is 0 Å². The first-order valence-corrected chi connectivity index (χ1v) is 3.68. The lowest BCUT2D eigenvalue weighted by atomic mass is 9.80. The molecule has 0 aliphatic carbocycles. The third-order valence-corrected chi connectivity index (χ3v) is 1.78. The van der Waals surface area contributed by atoms with Crippen LogP contribution in [0, 0.1) is 5.82 Å². The number of aromatic nitrogens is 3. The van der Waals surface area contributed by atoms with E-state index in [4.69, 9.17) is 0 Å². The molecule has 2 aromatic rings. The summed E-state index contributed by atoms with van der Waals surface area (Å²) in [7, 11) is 0. The summed E-state index contributed by atoms with van der Waals surface area (Å²) in [6.45, 7) is -5.21. The van der Waals surface area contributed by atoms with Gasteiger partial charge < -0.3 is 12.9 Å². The van der Waals surface area contributed by atoms with E-state index in [1.54, 1.807) is 0 Å². The second-order valence-corrected chi connectivity index (χ2v) is 2.77. The van der Waals surface area contributed by atoms with Crippen LogP contribution in [0.2, 0.25) is 0 Å². The molecule has 0 fully saturated rings. The molecule has 0 spiro atoms. The van der Waals surface area contributed by atoms with Gasteiger partial charge in [-0.15, -0.1) is 5.46 Å². The maximum atomic E-state index is 13.0. The summed E-state index contributed by atoms with van der Waals surface area (Å²) in [5.41, 5.74) is -1.32. The Balaban J connectivity index is 2.70. The molecule has 8 heteroatoms. The van der Waals surface area contributed by atoms with Gasteiger partial charge in [0.2, 0.25) is 0 Å². The maximum Gasteiger partial charge on any atom is 0.509 e. The lowest BCUT2D eigenvalue weighted by Crippen LogP contribution is -2.34. The Morgan fingerprint density at radius 1 is 1.14 bits per heavy atom. The average Bonchev–Trinajstić information content (AvgIpc) is 2.50. The largest absolute Gasteiger partial charge is 0.509 e. The molecule has 74 valence electrons. The molecule has 0 aliphatic heterocycles. The number of fused-ring (bicyclic) bond motifs is 1. The fraction of sp³-hybridized carbons (Fsp3) is 0. The highest BCUT2D eigenvalue weighted by Crippen LogP contribution is 2.15. The minimum atomic E-state index is -5.21. The van der Waals surface area contributed by atoms with Crippen molar-refractivity contribution in [1.29, 1.82) is 0 Å². The number of nitrogens with zero attached hydrogens (tertiary/aromatic N) is 2. The van der Waals surface area contributed by atoms with Crippen LogP contribution in [0.1, 0.15) is 0 Å². The number of aromatic amines is 1. The van der Waals surface area contributed by atoms with Gasteiger partial charge >= 0.3 is 6.98 Å². The lowest BCUT2D eigenvalue weighted by molar-refractivity contribution is 0.500. The van der Waals surface area contributed by atoms with Crippen LogP contribution >= 0.6 is 0 Å². The molecule has 14 heavy (non-hydrogen) atoms. The van der Waals surface area contributed by atoms with Crippen LogP contribution in [0.15, 0.2) is 12.1 Å². The second-order valence-electron chi connectivity index (χ2n) is 2.77. The normalized spacial score (nSPS) is 12.3. The summed E-state index contributed by atoms with van der Waals surface area (Å²) in [6, 6.07) is 1.19. The van der Waals surface area contributed by atoms with E-state index >= 15 is 0 Å². The Labute approximate surface area is 75.2 Å². The lowest BCUT2D eigenvalue weighted by Gasteiger charge is -2.14. The van der Waals surface area contributed by atoms with Crippen molar-refractivity contribution < 1.29 is 17.3 Å². The van der Waals surface area contributed by atoms with Gasteiger partial charge in [0, 0.05) is 0 Å². The highest BCUT2D eigenvalue weighted by molar-refractivity contribution is 6.73. The summed E-state index contributed by atoms with van der Waals surface area (Å²) in [5, 5.41) is 8.81. The number of benzene rings is 1. The number of hydrogen-bond donors (Lipinski definition) is 1. The molecular weight excluding hydrogens is 201 g/mol. The highest BCUT2D eigenvalue weighted by atomic mass is 19.4. The van der Waals surface area contributed by atoms with Gasteiger partial charge in [-0.2, -0.15) is 15.4 Å². The summed E-state index contributed by atoms with van der Waals surface area (Å²) in [6.07, 6.45) is 0. The number of nitrogens with one attached hydrogen (secondary N) is 1. The summed E-state index contributed by atoms with van der Waals surface area (Å²) in [4.78, 5) is 0. The third-order valence-electron chi connectivity index (χ3n) is 1.78. The molecular formula is C6H3BF4N3-. The molecule has 1 heterocycles. The van der Waals surface area contributed by atoms with Crippen molar-refractivity contribution in [1.82, 2.24) is 15.4 Å². The molecule has 3 nitrogen and oxygen atoms in total. The van der Waals surface area contributed by atoms with Crippen molar-refractivity contribution in [3.8, 4) is 0 Å². The van der Waals surface area contributed by atoms with Crippen molar-refractivity contribution in [2.45, 2.75) is 0 Å². The highest BCUT2D eigenvalue weighted by Gasteiger charge is 2.27. The van der Waals surface area contributed by atoms with Crippen LogP contribution in [0.5, 0.6) is 0 Å². The third kappa shape index (κ3) is 1.32. The first-order chi connectivity index (χ1) is 6.48. The zero-order valence-corrected chi connectivity index (χ0v) is 6.64. The Morgan fingerprint density at radius 3 is 2.50 bits per heavy atom. The number of H-pyrrole nitrogens is 1. The molecule has 0 aliphatic rings. The van der Waals surface area contributed by atoms with Gasteiger partial charge in [-0.25, -0.2) is 4.39 Å². The number of rotatable bonds is 1. The van der Waals surface area contributed by atoms with Gasteiger partial charge in [-0.3, -0.25) is 0 Å². The minimum absolute atomic E-state index is 0.126. The topological polar surface area (TPSA) is 41.6 Å². The zero-order valence-electron chi connectivity index (χ0n) is 6.64. The Bertz CT molecular complexity index is 477. The summed E-state index contributed by atoms with van der Waals surface area (Å²) >= 11 is 0. The minimum Gasteiger partial charge on any atom is -0.445 e. The monoisotopic (exact) mass is 204 g/mol. The van der Waals surface area contributed by atoms with E-state index < -0.39 is 18.3 Å². The van der Waals surface area contributed by atoms with E-state index in [1.165, 1.54) is 0 Å². The van der Waals surface area contributed by atoms with Gasteiger partial charge in [0.1, 0.15) is 16.9 Å². The molecule has 0 amide bonds. The van der Waals surface area contributed by atoms with Crippen molar-refractivity contribution in [2.24, 2.45) is 0 Å². The van der Waals surface area contributed by atoms with Crippen LogP contribution in [0.4, 0.5) is 17.3 Å². The second kappa shape index (κ2) is 2.69. The molecule has 0 saturated carbocycles. The molecule has 0 unspecified atom stereocenters. The molecule has 1 aromatic carbocycles. The van der Waals surface area contributed by atoms with Gasteiger partial charge in [-0.1, -0.05) is 12.1 Å². The van der Waals surface area contributed by atoms with Gasteiger partial charge in [0.05, 0.1) is 0 Å². The number of halogens is 4. The predicted octanol–water partition coefficient (Wildman–Crippen LogP) is 1.15. The smallest absolute Gasteiger partial charge is 0.445 e.